The largest absolute Gasteiger partial charge is 0.477 e. The summed E-state index contributed by atoms with van der Waals surface area (Å²) < 4.78 is 3.89. The number of aliphatic carboxylic acids is 1. The summed E-state index contributed by atoms with van der Waals surface area (Å²) in [5.74, 6) is -1.97. The van der Waals surface area contributed by atoms with E-state index < -0.39 is 29.2 Å². The van der Waals surface area contributed by atoms with Crippen molar-refractivity contribution in [3.63, 3.8) is 0 Å². The van der Waals surface area contributed by atoms with Crippen molar-refractivity contribution in [2.24, 2.45) is 5.16 Å². The number of hydrogen-bond acceptors (Lipinski definition) is 9. The monoisotopic (exact) mass is 528 g/mol. The molecule has 2 amide bonds. The molecule has 0 unspecified atom stereocenters. The highest BCUT2D eigenvalue weighted by molar-refractivity contribution is 8.00. The summed E-state index contributed by atoms with van der Waals surface area (Å²) in [5, 5.41) is 17.6. The van der Waals surface area contributed by atoms with E-state index >= 15 is 0 Å². The fourth-order valence-electron chi connectivity index (χ4n) is 4.23. The molecule has 0 saturated carbocycles. The Labute approximate surface area is 213 Å². The second-order valence-electron chi connectivity index (χ2n) is 8.21. The van der Waals surface area contributed by atoms with Gasteiger partial charge in [0.05, 0.1) is 6.20 Å². The topological polar surface area (TPSA) is 156 Å². The van der Waals surface area contributed by atoms with Crippen LogP contribution in [0.25, 0.3) is 5.65 Å². The van der Waals surface area contributed by atoms with Crippen molar-refractivity contribution in [2.75, 3.05) is 18.6 Å². The summed E-state index contributed by atoms with van der Waals surface area (Å²) in [5.41, 5.74) is 8.30. The van der Waals surface area contributed by atoms with Gasteiger partial charge in [0, 0.05) is 22.8 Å². The molecule has 36 heavy (non-hydrogen) atoms. The number of rotatable bonds is 7. The Bertz CT molecular complexity index is 1460. The summed E-state index contributed by atoms with van der Waals surface area (Å²) >= 11 is 2.53. The minimum absolute atomic E-state index is 0.0493. The van der Waals surface area contributed by atoms with Gasteiger partial charge in [-0.1, -0.05) is 5.16 Å². The number of carbonyl (C=O) groups excluding carboxylic acids is 2. The molecule has 2 atom stereocenters. The number of nitrogens with two attached hydrogens (primary N) is 1. The number of carboxylic acid groups (broad SMARTS) is 1. The molecule has 5 rings (SSSR count). The highest BCUT2D eigenvalue weighted by atomic mass is 32.2. The number of aromatic nitrogens is 3. The van der Waals surface area contributed by atoms with Crippen LogP contribution >= 0.6 is 23.1 Å². The van der Waals surface area contributed by atoms with Gasteiger partial charge in [-0.2, -0.15) is 0 Å². The quantitative estimate of drug-likeness (QED) is 0.172. The fourth-order valence-corrected chi connectivity index (χ4v) is 6.12. The molecule has 0 radical (unpaired) electrons. The predicted molar refractivity (Wildman–Crippen MR) is 132 cm³/mol. The highest BCUT2D eigenvalue weighted by Gasteiger charge is 2.54. The van der Waals surface area contributed by atoms with Crippen LogP contribution in [-0.4, -0.2) is 67.2 Å². The number of carboxylic acids is 1. The van der Waals surface area contributed by atoms with Gasteiger partial charge in [-0.3, -0.25) is 14.5 Å². The van der Waals surface area contributed by atoms with Gasteiger partial charge in [-0.25, -0.2) is 18.7 Å². The lowest BCUT2D eigenvalue weighted by Gasteiger charge is -2.49. The van der Waals surface area contributed by atoms with Gasteiger partial charge >= 0.3 is 5.97 Å². The van der Waals surface area contributed by atoms with Gasteiger partial charge in [-0.05, 0) is 18.6 Å². The van der Waals surface area contributed by atoms with Crippen LogP contribution in [0.1, 0.15) is 11.3 Å². The molecule has 5 heterocycles. The standard InChI is InChI=1S/C22H21N7O5S2/c1-11-3-4-27-5-6-28(14(27)7-11)8-12-9-35-20-16(19(31)29(20)17(12)21(32)33)25-18(30)15(26-34-2)13-10-36-22(23)24-13/h3-7,10,16,20H,8-9H2,1-2H3,(H3-,23,24,25,30,32,33)/p+1/b26-15-/t16-,20-/m1/s1. The molecule has 1 saturated heterocycles. The van der Waals surface area contributed by atoms with E-state index in [-0.39, 0.29) is 22.2 Å². The number of nitrogen functional groups attached to an aromatic ring is 1. The maximum Gasteiger partial charge on any atom is 0.352 e. The number of nitrogens with one attached hydrogen (secondary N) is 1. The number of anilines is 1. The van der Waals surface area contributed by atoms with E-state index in [1.807, 2.05) is 46.6 Å². The Morgan fingerprint density at radius 1 is 1.42 bits per heavy atom. The Balaban J connectivity index is 1.38. The van der Waals surface area contributed by atoms with Crippen molar-refractivity contribution in [1.29, 1.82) is 0 Å². The Kier molecular flexibility index (Phi) is 6.14. The number of β-lactam (4-membered cyclic amide) rings is 1. The minimum Gasteiger partial charge on any atom is -0.477 e. The van der Waals surface area contributed by atoms with Crippen molar-refractivity contribution < 1.29 is 28.9 Å². The number of oxime groups is 1. The summed E-state index contributed by atoms with van der Waals surface area (Å²) in [6.07, 6.45) is 5.71. The van der Waals surface area contributed by atoms with Crippen LogP contribution in [0, 0.1) is 6.92 Å². The van der Waals surface area contributed by atoms with Crippen LogP contribution in [0.2, 0.25) is 0 Å². The van der Waals surface area contributed by atoms with E-state index in [0.29, 0.717) is 17.9 Å². The van der Waals surface area contributed by atoms with Crippen LogP contribution in [0.5, 0.6) is 0 Å². The minimum atomic E-state index is -1.19. The summed E-state index contributed by atoms with van der Waals surface area (Å²) in [4.78, 5) is 48.2. The zero-order valence-corrected chi connectivity index (χ0v) is 20.9. The SMILES string of the molecule is CO/N=C(\C(=O)N[C@@H]1C(=O)N2C(C(=O)O)=C(C[n+]3ccn4ccc(C)cc43)CS[C@H]12)c1csc(N)n1. The molecule has 4 N–H and O–H groups in total. The molecule has 0 aliphatic carbocycles. The first-order valence-electron chi connectivity index (χ1n) is 10.8. The highest BCUT2D eigenvalue weighted by Crippen LogP contribution is 2.40. The maximum absolute atomic E-state index is 13.1. The van der Waals surface area contributed by atoms with E-state index in [2.05, 4.69) is 15.5 Å². The molecular formula is C22H22N7O5S2+. The third kappa shape index (κ3) is 4.07. The number of nitrogens with zero attached hydrogens (tertiary/aromatic N) is 5. The lowest BCUT2D eigenvalue weighted by Crippen LogP contribution is -2.71. The third-order valence-corrected chi connectivity index (χ3v) is 7.89. The smallest absolute Gasteiger partial charge is 0.352 e. The van der Waals surface area contributed by atoms with E-state index in [1.165, 1.54) is 23.8 Å². The lowest BCUT2D eigenvalue weighted by molar-refractivity contribution is -0.662. The molecule has 0 aromatic carbocycles. The van der Waals surface area contributed by atoms with Crippen LogP contribution in [0.15, 0.2) is 52.5 Å². The fraction of sp³-hybridized carbons (Fsp3) is 0.273. The van der Waals surface area contributed by atoms with Gasteiger partial charge in [0.1, 0.15) is 48.9 Å². The molecule has 0 spiro atoms. The summed E-state index contributed by atoms with van der Waals surface area (Å²) in [6.45, 7) is 2.30. The number of imidazole rings is 1. The first-order valence-corrected chi connectivity index (χ1v) is 12.7. The average Bonchev–Trinajstić information content (AvgIpc) is 3.46. The number of amides is 2. The molecule has 14 heteroatoms. The van der Waals surface area contributed by atoms with Crippen molar-refractivity contribution >= 4 is 57.4 Å². The van der Waals surface area contributed by atoms with Gasteiger partial charge < -0.3 is 21.0 Å². The second kappa shape index (κ2) is 9.28. The van der Waals surface area contributed by atoms with Crippen molar-refractivity contribution in [2.45, 2.75) is 24.9 Å². The summed E-state index contributed by atoms with van der Waals surface area (Å²) in [7, 11) is 1.29. The first kappa shape index (κ1) is 23.8. The number of carbonyl (C=O) groups is 3. The van der Waals surface area contributed by atoms with Crippen molar-refractivity contribution in [3.8, 4) is 0 Å². The molecule has 2 aliphatic rings. The van der Waals surface area contributed by atoms with Gasteiger partial charge in [0.2, 0.25) is 0 Å². The molecule has 2 aliphatic heterocycles. The van der Waals surface area contributed by atoms with Gasteiger partial charge in [0.25, 0.3) is 17.5 Å². The molecule has 3 aromatic rings. The second-order valence-corrected chi connectivity index (χ2v) is 10.2. The molecule has 0 bridgehead atoms. The normalized spacial score (nSPS) is 19.8. The van der Waals surface area contributed by atoms with E-state index in [9.17, 15) is 19.5 Å². The third-order valence-electron chi connectivity index (χ3n) is 5.88. The predicted octanol–water partition coefficient (Wildman–Crippen LogP) is 0.363. The Morgan fingerprint density at radius 3 is 2.92 bits per heavy atom. The van der Waals surface area contributed by atoms with Gasteiger partial charge in [-0.15, -0.1) is 23.1 Å². The number of thiazole rings is 1. The molecule has 3 aromatic heterocycles. The van der Waals surface area contributed by atoms with Crippen LogP contribution in [0.3, 0.4) is 0 Å². The number of pyridine rings is 1. The number of hydrogen-bond donors (Lipinski definition) is 3. The number of thioether (sulfide) groups is 1. The van der Waals surface area contributed by atoms with Gasteiger partial charge in [0.15, 0.2) is 10.8 Å². The first-order chi connectivity index (χ1) is 17.3. The Morgan fingerprint density at radius 2 is 2.22 bits per heavy atom. The molecule has 1 fully saturated rings. The van der Waals surface area contributed by atoms with Crippen LogP contribution < -0.4 is 15.6 Å². The summed E-state index contributed by atoms with van der Waals surface area (Å²) in [6, 6.07) is 3.08. The average molecular weight is 529 g/mol. The van der Waals surface area contributed by atoms with Crippen molar-refractivity contribution in [3.05, 3.63) is 58.6 Å². The Hall–Kier alpha value is -3.91. The van der Waals surface area contributed by atoms with Crippen LogP contribution in [-0.2, 0) is 25.8 Å². The maximum atomic E-state index is 13.1. The van der Waals surface area contributed by atoms with E-state index in [4.69, 9.17) is 10.6 Å². The zero-order valence-electron chi connectivity index (χ0n) is 19.2. The lowest BCUT2D eigenvalue weighted by atomic mass is 10.0. The van der Waals surface area contributed by atoms with E-state index in [0.717, 1.165) is 22.5 Å². The number of aryl methyl sites for hydroxylation is 1. The van der Waals surface area contributed by atoms with Crippen molar-refractivity contribution in [1.82, 2.24) is 19.6 Å². The molecule has 12 nitrogen and oxygen atoms in total. The molecular weight excluding hydrogens is 506 g/mol. The molecule has 186 valence electrons. The van der Waals surface area contributed by atoms with E-state index in [1.54, 1.807) is 5.38 Å². The number of fused-ring (bicyclic) bond motifs is 2. The zero-order chi connectivity index (χ0) is 25.6. The van der Waals surface area contributed by atoms with Crippen LogP contribution in [0.4, 0.5) is 5.13 Å².